The number of amides is 3. The maximum absolute atomic E-state index is 13.1. The number of fused-ring (bicyclic) bond motifs is 2. The number of methoxy groups -OCH3 is 2. The third-order valence-corrected chi connectivity index (χ3v) is 7.20. The highest BCUT2D eigenvalue weighted by Gasteiger charge is 2.29. The van der Waals surface area contributed by atoms with Crippen molar-refractivity contribution in [2.45, 2.75) is 65.5 Å². The maximum atomic E-state index is 13.1. The average molecular weight is 632 g/mol. The highest BCUT2D eigenvalue weighted by molar-refractivity contribution is 6.06. The van der Waals surface area contributed by atoms with Gasteiger partial charge in [-0.1, -0.05) is 36.8 Å². The van der Waals surface area contributed by atoms with Gasteiger partial charge in [0, 0.05) is 43.9 Å². The molecule has 248 valence electrons. The average Bonchev–Trinajstić information content (AvgIpc) is 2.98. The van der Waals surface area contributed by atoms with Gasteiger partial charge in [-0.3, -0.25) is 9.59 Å². The molecule has 0 saturated carbocycles. The van der Waals surface area contributed by atoms with Crippen LogP contribution in [-0.4, -0.2) is 85.1 Å². The number of benzene rings is 1. The van der Waals surface area contributed by atoms with Gasteiger partial charge < -0.3 is 50.6 Å². The lowest BCUT2D eigenvalue weighted by molar-refractivity contribution is -0.120. The number of phenolic OH excluding ortho intramolecular Hbond substituents is 2. The lowest BCUT2D eigenvalue weighted by atomic mass is 9.91. The highest BCUT2D eigenvalue weighted by atomic mass is 16.6. The second-order valence-electron chi connectivity index (χ2n) is 10.7. The predicted octanol–water partition coefficient (Wildman–Crippen LogP) is 3.76. The van der Waals surface area contributed by atoms with Crippen LogP contribution >= 0.6 is 0 Å². The van der Waals surface area contributed by atoms with Crippen molar-refractivity contribution in [3.8, 4) is 11.5 Å². The van der Waals surface area contributed by atoms with E-state index in [9.17, 15) is 29.7 Å². The van der Waals surface area contributed by atoms with Gasteiger partial charge in [0.15, 0.2) is 6.10 Å². The number of hydrogen-bond donors (Lipinski definition) is 6. The van der Waals surface area contributed by atoms with Gasteiger partial charge in [0.25, 0.3) is 5.91 Å². The normalized spacial score (nSPS) is 23.3. The Hall–Kier alpha value is -4.17. The summed E-state index contributed by atoms with van der Waals surface area (Å²) in [5.41, 5.74) is 6.53. The van der Waals surface area contributed by atoms with Crippen molar-refractivity contribution in [3.63, 3.8) is 0 Å². The largest absolute Gasteiger partial charge is 0.506 e. The van der Waals surface area contributed by atoms with Gasteiger partial charge in [0.2, 0.25) is 5.91 Å². The minimum atomic E-state index is -1.04. The molecular formula is C32H45N3O10. The summed E-state index contributed by atoms with van der Waals surface area (Å²) in [7, 11) is 2.86. The molecule has 13 nitrogen and oxygen atoms in total. The number of carbonyl (C=O) groups excluding carboxylic acids is 3. The number of aromatic hydroxyl groups is 2. The quantitative estimate of drug-likeness (QED) is 0.146. The summed E-state index contributed by atoms with van der Waals surface area (Å²) in [6.07, 6.45) is 3.47. The van der Waals surface area contributed by atoms with E-state index in [1.165, 1.54) is 39.4 Å². The summed E-state index contributed by atoms with van der Waals surface area (Å²) in [6.45, 7) is 8.47. The number of rotatable bonds is 7. The predicted molar refractivity (Wildman–Crippen MR) is 170 cm³/mol. The van der Waals surface area contributed by atoms with Crippen LogP contribution in [-0.2, 0) is 28.5 Å². The summed E-state index contributed by atoms with van der Waals surface area (Å²) in [5, 5.41) is 38.6. The number of phenols is 2. The minimum absolute atomic E-state index is 0.0228. The molecule has 5 atom stereocenters. The van der Waals surface area contributed by atoms with Crippen LogP contribution in [0, 0.1) is 5.92 Å². The number of anilines is 2. The lowest BCUT2D eigenvalue weighted by Crippen LogP contribution is -2.36. The van der Waals surface area contributed by atoms with E-state index in [0.717, 1.165) is 6.07 Å². The van der Waals surface area contributed by atoms with Crippen LogP contribution in [0.5, 0.6) is 11.5 Å². The summed E-state index contributed by atoms with van der Waals surface area (Å²) in [6, 6.07) is 1.12. The van der Waals surface area contributed by atoms with Gasteiger partial charge >= 0.3 is 6.09 Å². The number of aliphatic hydroxyl groups excluding tert-OH is 1. The molecule has 1 aliphatic rings. The van der Waals surface area contributed by atoms with Crippen LogP contribution in [0.25, 0.3) is 6.08 Å². The number of ether oxygens (including phenoxy) is 4. The monoisotopic (exact) mass is 631 g/mol. The molecule has 1 aromatic rings. The topological polar surface area (TPSA) is 199 Å². The SMILES string of the molecule is CCOCC(=O)Nc1c(O)cc2c(O)c1C=C(C)C[C@H](OC)[C@H](O)[C@@H](C)C=C(C)[C@H](OC(N)=O)[C@@H](OC)C=CC=C(C)C(=O)N2. The van der Waals surface area contributed by atoms with E-state index in [1.807, 2.05) is 0 Å². The fourth-order valence-electron chi connectivity index (χ4n) is 4.78. The molecule has 0 unspecified atom stereocenters. The van der Waals surface area contributed by atoms with E-state index in [-0.39, 0.29) is 35.5 Å². The van der Waals surface area contributed by atoms with Crippen LogP contribution in [0.2, 0.25) is 0 Å². The van der Waals surface area contributed by atoms with Gasteiger partial charge in [-0.15, -0.1) is 0 Å². The zero-order chi connectivity index (χ0) is 33.8. The van der Waals surface area contributed by atoms with Crippen LogP contribution in [0.3, 0.4) is 0 Å². The molecule has 2 rings (SSSR count). The first-order chi connectivity index (χ1) is 21.2. The summed E-state index contributed by atoms with van der Waals surface area (Å²) in [4.78, 5) is 37.3. The lowest BCUT2D eigenvalue weighted by Gasteiger charge is -2.28. The van der Waals surface area contributed by atoms with Crippen molar-refractivity contribution in [1.29, 1.82) is 0 Å². The number of carbonyl (C=O) groups is 3. The van der Waals surface area contributed by atoms with Crippen LogP contribution in [0.15, 0.2) is 47.1 Å². The Labute approximate surface area is 263 Å². The molecule has 0 radical (unpaired) electrons. The summed E-state index contributed by atoms with van der Waals surface area (Å²) < 4.78 is 21.7. The van der Waals surface area contributed by atoms with Crippen LogP contribution in [0.1, 0.15) is 46.6 Å². The van der Waals surface area contributed by atoms with Crippen LogP contribution < -0.4 is 16.4 Å². The Morgan fingerprint density at radius 3 is 2.44 bits per heavy atom. The molecule has 0 aliphatic carbocycles. The molecule has 2 bridgehead atoms. The molecule has 1 heterocycles. The van der Waals surface area contributed by atoms with E-state index in [0.29, 0.717) is 17.8 Å². The fraction of sp³-hybridized carbons (Fsp3) is 0.469. The first-order valence-electron chi connectivity index (χ1n) is 14.4. The van der Waals surface area contributed by atoms with Crippen molar-refractivity contribution in [3.05, 3.63) is 52.7 Å². The van der Waals surface area contributed by atoms with E-state index in [4.69, 9.17) is 24.7 Å². The zero-order valence-electron chi connectivity index (χ0n) is 26.7. The van der Waals surface area contributed by atoms with Gasteiger partial charge in [-0.2, -0.15) is 0 Å². The molecule has 45 heavy (non-hydrogen) atoms. The first-order valence-corrected chi connectivity index (χ1v) is 14.4. The van der Waals surface area contributed by atoms with Gasteiger partial charge in [0.1, 0.15) is 24.2 Å². The Morgan fingerprint density at radius 1 is 1.16 bits per heavy atom. The summed E-state index contributed by atoms with van der Waals surface area (Å²) in [5.74, 6) is -2.50. The molecule has 1 aliphatic heterocycles. The fourth-order valence-corrected chi connectivity index (χ4v) is 4.78. The molecule has 1 aromatic carbocycles. The van der Waals surface area contributed by atoms with Crippen molar-refractivity contribution < 1.29 is 48.7 Å². The molecule has 0 spiro atoms. The van der Waals surface area contributed by atoms with E-state index in [2.05, 4.69) is 10.6 Å². The first kappa shape index (κ1) is 37.0. The molecule has 0 aromatic heterocycles. The number of hydrogen-bond acceptors (Lipinski definition) is 10. The Bertz CT molecular complexity index is 1350. The van der Waals surface area contributed by atoms with Gasteiger partial charge in [-0.25, -0.2) is 4.79 Å². The smallest absolute Gasteiger partial charge is 0.405 e. The standard InChI is InChI=1S/C32H45N3O10/c1-8-44-16-26(37)35-27-21-12-17(2)13-25(43-7)28(38)19(4)14-20(5)30(45-32(33)41)24(42-6)11-9-10-18(3)31(40)34-22(29(21)39)15-23(27)36/h9-12,14-15,19,24-25,28,30,36,38-39H,8,13,16H2,1-7H3,(H2,33,41)(H,34,40)(H,35,37)/t19-,24-,25-,28+,30-/m0/s1. The number of aliphatic hydroxyl groups is 1. The van der Waals surface area contributed by atoms with Crippen molar-refractivity contribution in [2.24, 2.45) is 11.7 Å². The molecule has 0 saturated heterocycles. The Balaban J connectivity index is 2.74. The molecule has 7 N–H and O–H groups in total. The number of nitrogens with two attached hydrogens (primary N) is 1. The van der Waals surface area contributed by atoms with E-state index in [1.54, 1.807) is 39.8 Å². The molecule has 3 amide bonds. The van der Waals surface area contributed by atoms with Gasteiger partial charge in [-0.05, 0) is 45.8 Å². The third kappa shape index (κ3) is 10.5. The molecular weight excluding hydrogens is 586 g/mol. The minimum Gasteiger partial charge on any atom is -0.506 e. The number of nitrogens with one attached hydrogen (secondary N) is 2. The second kappa shape index (κ2) is 17.4. The third-order valence-electron chi connectivity index (χ3n) is 7.20. The van der Waals surface area contributed by atoms with Crippen LogP contribution in [0.4, 0.5) is 16.2 Å². The maximum Gasteiger partial charge on any atom is 0.405 e. The molecule has 13 heteroatoms. The molecule has 0 fully saturated rings. The summed E-state index contributed by atoms with van der Waals surface area (Å²) >= 11 is 0. The van der Waals surface area contributed by atoms with Crippen molar-refractivity contribution in [2.75, 3.05) is 38.1 Å². The Morgan fingerprint density at radius 2 is 1.84 bits per heavy atom. The number of allylic oxidation sites excluding steroid dienone is 2. The van der Waals surface area contributed by atoms with E-state index >= 15 is 0 Å². The second-order valence-corrected chi connectivity index (χ2v) is 10.7. The van der Waals surface area contributed by atoms with Crippen molar-refractivity contribution >= 4 is 35.4 Å². The Kier molecular flexibility index (Phi) is 14.3. The van der Waals surface area contributed by atoms with E-state index < -0.39 is 59.7 Å². The van der Waals surface area contributed by atoms with Crippen molar-refractivity contribution in [1.82, 2.24) is 0 Å². The van der Waals surface area contributed by atoms with Gasteiger partial charge in [0.05, 0.1) is 23.6 Å². The highest BCUT2D eigenvalue weighted by Crippen LogP contribution is 2.42. The zero-order valence-corrected chi connectivity index (χ0v) is 26.7. The number of primary amides is 1.